The van der Waals surface area contributed by atoms with Gasteiger partial charge in [-0.3, -0.25) is 9.80 Å². The Labute approximate surface area is 166 Å². The van der Waals surface area contributed by atoms with Crippen molar-refractivity contribution in [2.24, 2.45) is 0 Å². The van der Waals surface area contributed by atoms with Gasteiger partial charge in [-0.25, -0.2) is 4.79 Å². The molecule has 5 heteroatoms. The van der Waals surface area contributed by atoms with Crippen molar-refractivity contribution in [3.63, 3.8) is 0 Å². The summed E-state index contributed by atoms with van der Waals surface area (Å²) in [5, 5.41) is 0. The summed E-state index contributed by atoms with van der Waals surface area (Å²) in [5.41, 5.74) is 2.37. The summed E-state index contributed by atoms with van der Waals surface area (Å²) in [4.78, 5) is 17.0. The predicted octanol–water partition coefficient (Wildman–Crippen LogP) is 3.51. The molecular formula is C23H28N2O3. The molecule has 2 atom stereocenters. The molecule has 0 unspecified atom stereocenters. The fourth-order valence-electron chi connectivity index (χ4n) is 4.09. The van der Waals surface area contributed by atoms with Gasteiger partial charge in [0.05, 0.1) is 25.8 Å². The van der Waals surface area contributed by atoms with Crippen LogP contribution in [0.5, 0.6) is 0 Å². The van der Waals surface area contributed by atoms with Crippen LogP contribution in [-0.4, -0.2) is 61.4 Å². The summed E-state index contributed by atoms with van der Waals surface area (Å²) in [6.07, 6.45) is 1.37. The van der Waals surface area contributed by atoms with Gasteiger partial charge in [0.15, 0.2) is 0 Å². The minimum absolute atomic E-state index is 0.0392. The van der Waals surface area contributed by atoms with E-state index in [4.69, 9.17) is 9.47 Å². The molecule has 2 aromatic rings. The van der Waals surface area contributed by atoms with Gasteiger partial charge in [0.25, 0.3) is 0 Å². The molecule has 2 fully saturated rings. The number of hydrogen-bond donors (Lipinski definition) is 0. The van der Waals surface area contributed by atoms with Gasteiger partial charge >= 0.3 is 6.09 Å². The molecule has 0 N–H and O–H groups in total. The van der Waals surface area contributed by atoms with Gasteiger partial charge < -0.3 is 9.47 Å². The summed E-state index contributed by atoms with van der Waals surface area (Å²) < 4.78 is 11.2. The molecule has 5 nitrogen and oxygen atoms in total. The van der Waals surface area contributed by atoms with Crippen molar-refractivity contribution in [3.8, 4) is 0 Å². The van der Waals surface area contributed by atoms with Gasteiger partial charge in [0.2, 0.25) is 0 Å². The minimum Gasteiger partial charge on any atom is -0.444 e. The third-order valence-electron chi connectivity index (χ3n) is 5.59. The highest BCUT2D eigenvalue weighted by Gasteiger charge is 2.36. The van der Waals surface area contributed by atoms with Crippen molar-refractivity contribution < 1.29 is 14.3 Å². The van der Waals surface area contributed by atoms with Crippen molar-refractivity contribution >= 4 is 6.09 Å². The highest BCUT2D eigenvalue weighted by atomic mass is 16.6. The van der Waals surface area contributed by atoms with Crippen molar-refractivity contribution in [2.45, 2.75) is 25.0 Å². The van der Waals surface area contributed by atoms with Crippen LogP contribution in [0.3, 0.4) is 0 Å². The molecule has 4 rings (SSSR count). The molecule has 2 aliphatic rings. The van der Waals surface area contributed by atoms with Gasteiger partial charge in [-0.15, -0.1) is 0 Å². The van der Waals surface area contributed by atoms with E-state index in [2.05, 4.69) is 29.2 Å². The highest BCUT2D eigenvalue weighted by molar-refractivity contribution is 5.70. The Bertz CT molecular complexity index is 747. The van der Waals surface area contributed by atoms with E-state index >= 15 is 0 Å². The number of carbonyl (C=O) groups is 1. The predicted molar refractivity (Wildman–Crippen MR) is 108 cm³/mol. The number of rotatable bonds is 7. The van der Waals surface area contributed by atoms with Crippen LogP contribution in [0.15, 0.2) is 60.7 Å². The molecule has 0 aliphatic carbocycles. The van der Waals surface area contributed by atoms with E-state index in [9.17, 15) is 4.79 Å². The number of carbonyl (C=O) groups excluding carboxylic acids is 1. The first kappa shape index (κ1) is 19.0. The standard InChI is InChI=1S/C23H28N2O3/c26-23-25(18-21(28-23)17-19-7-3-1-4-8-19)22(20-9-5-2-6-10-20)11-12-24-13-15-27-16-14-24/h1-10,21-22H,11-18H2/t21-,22+/m0/s1. The van der Waals surface area contributed by atoms with Crippen molar-refractivity contribution in [1.82, 2.24) is 9.80 Å². The lowest BCUT2D eigenvalue weighted by atomic mass is 10.0. The lowest BCUT2D eigenvalue weighted by Crippen LogP contribution is -2.39. The van der Waals surface area contributed by atoms with Gasteiger partial charge in [0.1, 0.15) is 6.10 Å². The molecule has 0 radical (unpaired) electrons. The minimum atomic E-state index is -0.197. The number of ether oxygens (including phenoxy) is 2. The maximum Gasteiger partial charge on any atom is 0.410 e. The average Bonchev–Trinajstić information content (AvgIpc) is 3.10. The van der Waals surface area contributed by atoms with Gasteiger partial charge in [-0.05, 0) is 17.5 Å². The number of morpholine rings is 1. The third-order valence-corrected chi connectivity index (χ3v) is 5.59. The second-order valence-electron chi connectivity index (χ2n) is 7.52. The van der Waals surface area contributed by atoms with Gasteiger partial charge in [0, 0.05) is 26.1 Å². The van der Waals surface area contributed by atoms with E-state index in [-0.39, 0.29) is 18.2 Å². The SMILES string of the molecule is O=C1O[C@@H](Cc2ccccc2)CN1[C@H](CCN1CCOCC1)c1ccccc1. The first-order valence-corrected chi connectivity index (χ1v) is 10.2. The molecule has 2 saturated heterocycles. The molecule has 0 aromatic heterocycles. The van der Waals surface area contributed by atoms with Gasteiger partial charge in [-0.1, -0.05) is 60.7 Å². The first-order chi connectivity index (χ1) is 13.8. The number of nitrogens with zero attached hydrogens (tertiary/aromatic N) is 2. The molecule has 0 saturated carbocycles. The second kappa shape index (κ2) is 9.22. The van der Waals surface area contributed by atoms with E-state index < -0.39 is 0 Å². The molecule has 2 aliphatic heterocycles. The van der Waals surface area contributed by atoms with E-state index in [0.717, 1.165) is 45.7 Å². The fourth-order valence-corrected chi connectivity index (χ4v) is 4.09. The number of cyclic esters (lactones) is 1. The largest absolute Gasteiger partial charge is 0.444 e. The summed E-state index contributed by atoms with van der Waals surface area (Å²) in [6, 6.07) is 20.6. The van der Waals surface area contributed by atoms with E-state index in [1.165, 1.54) is 11.1 Å². The summed E-state index contributed by atoms with van der Waals surface area (Å²) in [6.45, 7) is 5.10. The zero-order valence-electron chi connectivity index (χ0n) is 16.2. The van der Waals surface area contributed by atoms with E-state index in [1.54, 1.807) is 0 Å². The third kappa shape index (κ3) is 4.72. The first-order valence-electron chi connectivity index (χ1n) is 10.2. The number of benzene rings is 2. The quantitative estimate of drug-likeness (QED) is 0.737. The van der Waals surface area contributed by atoms with Crippen LogP contribution in [0.25, 0.3) is 0 Å². The van der Waals surface area contributed by atoms with Crippen LogP contribution in [0, 0.1) is 0 Å². The lowest BCUT2D eigenvalue weighted by molar-refractivity contribution is 0.0341. The van der Waals surface area contributed by atoms with Crippen LogP contribution in [-0.2, 0) is 15.9 Å². The molecule has 2 aromatic carbocycles. The molecular weight excluding hydrogens is 352 g/mol. The zero-order valence-corrected chi connectivity index (χ0v) is 16.2. The Morgan fingerprint density at radius 3 is 2.36 bits per heavy atom. The normalized spacial score (nSPS) is 21.5. The highest BCUT2D eigenvalue weighted by Crippen LogP contribution is 2.30. The average molecular weight is 380 g/mol. The topological polar surface area (TPSA) is 42.0 Å². The molecule has 2 heterocycles. The molecule has 0 bridgehead atoms. The molecule has 148 valence electrons. The van der Waals surface area contributed by atoms with Crippen molar-refractivity contribution in [3.05, 3.63) is 71.8 Å². The van der Waals surface area contributed by atoms with Crippen molar-refractivity contribution in [2.75, 3.05) is 39.4 Å². The van der Waals surface area contributed by atoms with Crippen molar-refractivity contribution in [1.29, 1.82) is 0 Å². The summed E-state index contributed by atoms with van der Waals surface area (Å²) >= 11 is 0. The molecule has 1 amide bonds. The van der Waals surface area contributed by atoms with Crippen LogP contribution in [0.2, 0.25) is 0 Å². The monoisotopic (exact) mass is 380 g/mol. The van der Waals surface area contributed by atoms with Crippen LogP contribution in [0.4, 0.5) is 4.79 Å². The lowest BCUT2D eigenvalue weighted by Gasteiger charge is -2.31. The Balaban J connectivity index is 1.45. The maximum absolute atomic E-state index is 12.7. The summed E-state index contributed by atoms with van der Waals surface area (Å²) in [5.74, 6) is 0. The smallest absolute Gasteiger partial charge is 0.410 e. The zero-order chi connectivity index (χ0) is 19.2. The number of hydrogen-bond acceptors (Lipinski definition) is 4. The van der Waals surface area contributed by atoms with Gasteiger partial charge in [-0.2, -0.15) is 0 Å². The Hall–Kier alpha value is -2.37. The van der Waals surface area contributed by atoms with Crippen LogP contribution >= 0.6 is 0 Å². The fraction of sp³-hybridized carbons (Fsp3) is 0.435. The Morgan fingerprint density at radius 2 is 1.64 bits per heavy atom. The number of amides is 1. The molecule has 28 heavy (non-hydrogen) atoms. The molecule has 0 spiro atoms. The van der Waals surface area contributed by atoms with E-state index in [1.807, 2.05) is 41.3 Å². The van der Waals surface area contributed by atoms with E-state index in [0.29, 0.717) is 6.54 Å². The van der Waals surface area contributed by atoms with Crippen LogP contribution < -0.4 is 0 Å². The summed E-state index contributed by atoms with van der Waals surface area (Å²) in [7, 11) is 0. The Kier molecular flexibility index (Phi) is 6.24. The second-order valence-corrected chi connectivity index (χ2v) is 7.52. The van der Waals surface area contributed by atoms with Crippen LogP contribution in [0.1, 0.15) is 23.6 Å². The Morgan fingerprint density at radius 1 is 0.964 bits per heavy atom. The maximum atomic E-state index is 12.7.